The summed E-state index contributed by atoms with van der Waals surface area (Å²) < 4.78 is 0. The summed E-state index contributed by atoms with van der Waals surface area (Å²) >= 11 is 0. The average molecular weight is 284 g/mol. The minimum atomic E-state index is 0.513. The maximum absolute atomic E-state index is 2.64. The van der Waals surface area contributed by atoms with Gasteiger partial charge in [-0.25, -0.2) is 0 Å². The van der Waals surface area contributed by atoms with Gasteiger partial charge in [0.15, 0.2) is 0 Å². The predicted molar refractivity (Wildman–Crippen MR) is 90.1 cm³/mol. The van der Waals surface area contributed by atoms with E-state index < -0.39 is 0 Å². The van der Waals surface area contributed by atoms with E-state index >= 15 is 0 Å². The fourth-order valence-corrected chi connectivity index (χ4v) is 7.03. The molecule has 0 aromatic heterocycles. The Morgan fingerprint density at radius 3 is 2.90 bits per heavy atom. The van der Waals surface area contributed by atoms with Crippen LogP contribution in [0.5, 0.6) is 0 Å². The monoisotopic (exact) mass is 284 g/mol. The smallest absolute Gasteiger partial charge is 0.00445 e. The fourth-order valence-electron chi connectivity index (χ4n) is 7.03. The molecule has 2 saturated carbocycles. The van der Waals surface area contributed by atoms with Crippen molar-refractivity contribution in [1.82, 2.24) is 0 Å². The first-order chi connectivity index (χ1) is 10.2. The van der Waals surface area contributed by atoms with E-state index in [1.165, 1.54) is 51.4 Å². The number of rotatable bonds is 2. The van der Waals surface area contributed by atoms with Crippen LogP contribution in [0.25, 0.3) is 0 Å². The molecule has 4 aliphatic rings. The summed E-state index contributed by atoms with van der Waals surface area (Å²) in [7, 11) is 0. The second-order valence-corrected chi connectivity index (χ2v) is 8.67. The van der Waals surface area contributed by atoms with E-state index in [9.17, 15) is 0 Å². The largest absolute Gasteiger partial charge is 0.0842 e. The van der Waals surface area contributed by atoms with E-state index in [2.05, 4.69) is 32.1 Å². The molecule has 0 N–H and O–H groups in total. The van der Waals surface area contributed by atoms with Crippen molar-refractivity contribution in [3.63, 3.8) is 0 Å². The quantitative estimate of drug-likeness (QED) is 0.559. The number of hydrogen-bond acceptors (Lipinski definition) is 0. The molecule has 0 aromatic carbocycles. The van der Waals surface area contributed by atoms with Crippen LogP contribution < -0.4 is 0 Å². The van der Waals surface area contributed by atoms with Crippen molar-refractivity contribution < 1.29 is 0 Å². The molecule has 4 rings (SSSR count). The van der Waals surface area contributed by atoms with Gasteiger partial charge in [-0.15, -0.1) is 0 Å². The zero-order chi connectivity index (χ0) is 14.5. The Kier molecular flexibility index (Phi) is 3.36. The minimum absolute atomic E-state index is 0.513. The Hall–Kier alpha value is -0.520. The molecular weight excluding hydrogens is 252 g/mol. The van der Waals surface area contributed by atoms with Crippen LogP contribution >= 0.6 is 0 Å². The third-order valence-electron chi connectivity index (χ3n) is 7.93. The van der Waals surface area contributed by atoms with Crippen LogP contribution in [0.4, 0.5) is 0 Å². The summed E-state index contributed by atoms with van der Waals surface area (Å²) in [6, 6.07) is 0. The van der Waals surface area contributed by atoms with Gasteiger partial charge in [0.25, 0.3) is 0 Å². The first-order valence-electron chi connectivity index (χ1n) is 9.57. The molecule has 21 heavy (non-hydrogen) atoms. The Bertz CT molecular complexity index is 470. The predicted octanol–water partition coefficient (Wildman–Crippen LogP) is 6.29. The summed E-state index contributed by atoms with van der Waals surface area (Å²) in [5, 5.41) is 0. The van der Waals surface area contributed by atoms with E-state index in [-0.39, 0.29) is 0 Å². The van der Waals surface area contributed by atoms with Crippen molar-refractivity contribution in [1.29, 1.82) is 0 Å². The van der Waals surface area contributed by atoms with Gasteiger partial charge in [0.05, 0.1) is 0 Å². The lowest BCUT2D eigenvalue weighted by molar-refractivity contribution is -0.0314. The molecule has 0 unspecified atom stereocenters. The van der Waals surface area contributed by atoms with Crippen LogP contribution in [-0.2, 0) is 0 Å². The van der Waals surface area contributed by atoms with Crippen LogP contribution in [0.1, 0.15) is 78.1 Å². The van der Waals surface area contributed by atoms with Crippen molar-refractivity contribution in [3.05, 3.63) is 23.8 Å². The van der Waals surface area contributed by atoms with E-state index in [0.29, 0.717) is 5.41 Å². The molecule has 0 aliphatic heterocycles. The van der Waals surface area contributed by atoms with Gasteiger partial charge in [-0.05, 0) is 85.5 Å². The van der Waals surface area contributed by atoms with Gasteiger partial charge >= 0.3 is 0 Å². The molecule has 0 heterocycles. The molecule has 0 nitrogen and oxygen atoms in total. The maximum Gasteiger partial charge on any atom is -0.00445 e. The standard InChI is InChI=1S/C21H32/c1-3-12-21-14-6-8-19(21)17-10-9-16-7-4-5-13-20(16,2)18(17)11-15-21/h4,7,9,17-19H,3,5-6,8,10-15H2,1-2H3/t17-,18+,19+,20+,21+/m1/s1. The molecular formula is C21H32. The molecule has 5 atom stereocenters. The maximum atomic E-state index is 2.64. The first kappa shape index (κ1) is 14.1. The summed E-state index contributed by atoms with van der Waals surface area (Å²) in [4.78, 5) is 0. The van der Waals surface area contributed by atoms with Gasteiger partial charge in [-0.1, -0.05) is 44.9 Å². The second kappa shape index (κ2) is 5.00. The molecule has 116 valence electrons. The van der Waals surface area contributed by atoms with E-state index in [0.717, 1.165) is 23.2 Å². The van der Waals surface area contributed by atoms with Gasteiger partial charge in [0.2, 0.25) is 0 Å². The zero-order valence-electron chi connectivity index (χ0n) is 14.0. The third-order valence-corrected chi connectivity index (χ3v) is 7.93. The Balaban J connectivity index is 1.68. The molecule has 0 aromatic rings. The highest BCUT2D eigenvalue weighted by Crippen LogP contribution is 2.65. The van der Waals surface area contributed by atoms with Crippen molar-refractivity contribution in [3.8, 4) is 0 Å². The number of hydrogen-bond donors (Lipinski definition) is 0. The second-order valence-electron chi connectivity index (χ2n) is 8.67. The Labute approximate surface area is 131 Å². The molecule has 0 spiro atoms. The van der Waals surface area contributed by atoms with Gasteiger partial charge in [-0.2, -0.15) is 0 Å². The summed E-state index contributed by atoms with van der Waals surface area (Å²) in [6.07, 6.45) is 22.2. The number of allylic oxidation sites excluding steroid dienone is 4. The average Bonchev–Trinajstić information content (AvgIpc) is 2.91. The Morgan fingerprint density at radius 2 is 2.05 bits per heavy atom. The lowest BCUT2D eigenvalue weighted by Gasteiger charge is -2.56. The van der Waals surface area contributed by atoms with Gasteiger partial charge < -0.3 is 0 Å². The van der Waals surface area contributed by atoms with Gasteiger partial charge in [0, 0.05) is 0 Å². The highest BCUT2D eigenvalue weighted by atomic mass is 14.6. The lowest BCUT2D eigenvalue weighted by atomic mass is 9.48. The molecule has 0 amide bonds. The molecule has 0 saturated heterocycles. The molecule has 0 radical (unpaired) electrons. The highest BCUT2D eigenvalue weighted by Gasteiger charge is 2.55. The van der Waals surface area contributed by atoms with Crippen molar-refractivity contribution in [2.45, 2.75) is 78.1 Å². The summed E-state index contributed by atoms with van der Waals surface area (Å²) in [5.41, 5.74) is 2.96. The summed E-state index contributed by atoms with van der Waals surface area (Å²) in [6.45, 7) is 5.00. The molecule has 0 bridgehead atoms. The normalized spacial score (nSPS) is 48.3. The van der Waals surface area contributed by atoms with Crippen molar-refractivity contribution in [2.75, 3.05) is 0 Å². The van der Waals surface area contributed by atoms with Crippen LogP contribution in [-0.4, -0.2) is 0 Å². The summed E-state index contributed by atoms with van der Waals surface area (Å²) in [5.74, 6) is 3.04. The molecule has 4 aliphatic carbocycles. The first-order valence-corrected chi connectivity index (χ1v) is 9.57. The van der Waals surface area contributed by atoms with E-state index in [1.807, 2.05) is 0 Å². The SMILES string of the molecule is CCC[C@@]12CCC[C@H]1[C@@H]1CC=C3C=CCC[C@]3(C)[C@H]1CC2. The Morgan fingerprint density at radius 1 is 1.14 bits per heavy atom. The van der Waals surface area contributed by atoms with Crippen LogP contribution in [0.15, 0.2) is 23.8 Å². The lowest BCUT2D eigenvalue weighted by Crippen LogP contribution is -2.48. The van der Waals surface area contributed by atoms with Crippen molar-refractivity contribution >= 4 is 0 Å². The number of fused-ring (bicyclic) bond motifs is 5. The highest BCUT2D eigenvalue weighted by molar-refractivity contribution is 5.33. The van der Waals surface area contributed by atoms with Crippen LogP contribution in [0.3, 0.4) is 0 Å². The zero-order valence-corrected chi connectivity index (χ0v) is 14.0. The van der Waals surface area contributed by atoms with Crippen molar-refractivity contribution in [2.24, 2.45) is 28.6 Å². The van der Waals surface area contributed by atoms with E-state index in [1.54, 1.807) is 18.4 Å². The minimum Gasteiger partial charge on any atom is -0.0842 e. The fraction of sp³-hybridized carbons (Fsp3) is 0.810. The van der Waals surface area contributed by atoms with Crippen LogP contribution in [0, 0.1) is 28.6 Å². The third kappa shape index (κ3) is 1.93. The van der Waals surface area contributed by atoms with Crippen LogP contribution in [0.2, 0.25) is 0 Å². The van der Waals surface area contributed by atoms with Gasteiger partial charge in [0.1, 0.15) is 0 Å². The topological polar surface area (TPSA) is 0 Å². The van der Waals surface area contributed by atoms with E-state index in [4.69, 9.17) is 0 Å². The molecule has 0 heteroatoms. The van der Waals surface area contributed by atoms with Gasteiger partial charge in [-0.3, -0.25) is 0 Å². The molecule has 2 fully saturated rings.